The van der Waals surface area contributed by atoms with E-state index in [-0.39, 0.29) is 5.91 Å². The molecule has 0 bridgehead atoms. The molecule has 0 atom stereocenters. The van der Waals surface area contributed by atoms with Crippen LogP contribution in [0.15, 0.2) is 40.9 Å². The second kappa shape index (κ2) is 5.46. The topological polar surface area (TPSA) is 41.1 Å². The molecular weight excluding hydrogens is 340 g/mol. The van der Waals surface area contributed by atoms with Crippen LogP contribution in [0, 0.1) is 0 Å². The summed E-state index contributed by atoms with van der Waals surface area (Å²) in [7, 11) is 0. The summed E-state index contributed by atoms with van der Waals surface area (Å²) in [6.07, 6.45) is 0.959. The Bertz CT molecular complexity index is 688. The molecule has 1 aliphatic heterocycles. The van der Waals surface area contributed by atoms with Gasteiger partial charge in [-0.25, -0.2) is 0 Å². The molecule has 0 spiro atoms. The molecule has 3 rings (SSSR count). The number of halogens is 2. The van der Waals surface area contributed by atoms with Gasteiger partial charge in [-0.2, -0.15) is 0 Å². The number of hydrogen-bond acceptors (Lipinski definition) is 2. The zero-order valence-corrected chi connectivity index (χ0v) is 12.9. The van der Waals surface area contributed by atoms with Crippen LogP contribution in [0.4, 0.5) is 11.4 Å². The van der Waals surface area contributed by atoms with Crippen LogP contribution in [0.2, 0.25) is 5.02 Å². The molecule has 1 aliphatic rings. The maximum Gasteiger partial charge on any atom is 0.255 e. The normalized spacial score (nSPS) is 12.7. The molecule has 0 unspecified atom stereocenters. The number of carbonyl (C=O) groups is 1. The van der Waals surface area contributed by atoms with E-state index in [0.717, 1.165) is 23.1 Å². The zero-order chi connectivity index (χ0) is 14.1. The monoisotopic (exact) mass is 350 g/mol. The van der Waals surface area contributed by atoms with Crippen LogP contribution in [0.25, 0.3) is 0 Å². The average molecular weight is 352 g/mol. The standard InChI is InChI=1S/C15H12BrClN2O/c16-12-8-11(17)2-4-14(12)19-15(20)10-1-3-13-9(7-10)5-6-18-13/h1-4,7-8,18H,5-6H2,(H,19,20). The van der Waals surface area contributed by atoms with Crippen LogP contribution < -0.4 is 10.6 Å². The highest BCUT2D eigenvalue weighted by atomic mass is 79.9. The minimum absolute atomic E-state index is 0.122. The largest absolute Gasteiger partial charge is 0.384 e. The molecule has 5 heteroatoms. The summed E-state index contributed by atoms with van der Waals surface area (Å²) in [5.41, 5.74) is 3.68. The number of benzene rings is 2. The summed E-state index contributed by atoms with van der Waals surface area (Å²) in [5.74, 6) is -0.122. The fraction of sp³-hybridized carbons (Fsp3) is 0.133. The van der Waals surface area contributed by atoms with Crippen molar-refractivity contribution in [2.75, 3.05) is 17.2 Å². The Morgan fingerprint density at radius 2 is 2.10 bits per heavy atom. The molecule has 20 heavy (non-hydrogen) atoms. The van der Waals surface area contributed by atoms with Gasteiger partial charge < -0.3 is 10.6 Å². The lowest BCUT2D eigenvalue weighted by molar-refractivity contribution is 0.102. The van der Waals surface area contributed by atoms with Gasteiger partial charge in [0.25, 0.3) is 5.91 Å². The smallest absolute Gasteiger partial charge is 0.255 e. The molecule has 2 aromatic rings. The number of hydrogen-bond donors (Lipinski definition) is 2. The third-order valence-corrected chi connectivity index (χ3v) is 4.15. The van der Waals surface area contributed by atoms with Gasteiger partial charge in [0.2, 0.25) is 0 Å². The lowest BCUT2D eigenvalue weighted by Crippen LogP contribution is -2.12. The number of rotatable bonds is 2. The highest BCUT2D eigenvalue weighted by Gasteiger charge is 2.14. The summed E-state index contributed by atoms with van der Waals surface area (Å²) in [6.45, 7) is 0.934. The van der Waals surface area contributed by atoms with Crippen LogP contribution in [0.5, 0.6) is 0 Å². The molecule has 2 aromatic carbocycles. The van der Waals surface area contributed by atoms with Gasteiger partial charge in [0.15, 0.2) is 0 Å². The van der Waals surface area contributed by atoms with Crippen molar-refractivity contribution >= 4 is 44.8 Å². The van der Waals surface area contributed by atoms with E-state index in [1.165, 1.54) is 5.56 Å². The Labute approximate surface area is 130 Å². The predicted octanol–water partition coefficient (Wildman–Crippen LogP) is 4.32. The Morgan fingerprint density at radius 3 is 2.90 bits per heavy atom. The van der Waals surface area contributed by atoms with Crippen molar-refractivity contribution in [1.29, 1.82) is 0 Å². The van der Waals surface area contributed by atoms with Crippen molar-refractivity contribution in [2.45, 2.75) is 6.42 Å². The van der Waals surface area contributed by atoms with E-state index in [0.29, 0.717) is 16.3 Å². The number of carbonyl (C=O) groups excluding carboxylic acids is 1. The van der Waals surface area contributed by atoms with Gasteiger partial charge in [0.1, 0.15) is 0 Å². The molecule has 1 amide bonds. The van der Waals surface area contributed by atoms with Crippen molar-refractivity contribution in [3.63, 3.8) is 0 Å². The van der Waals surface area contributed by atoms with Gasteiger partial charge >= 0.3 is 0 Å². The first kappa shape index (κ1) is 13.5. The first-order valence-electron chi connectivity index (χ1n) is 6.27. The lowest BCUT2D eigenvalue weighted by Gasteiger charge is -2.09. The molecule has 1 heterocycles. The molecule has 102 valence electrons. The SMILES string of the molecule is O=C(Nc1ccc(Cl)cc1Br)c1ccc2c(c1)CCN2. The van der Waals surface area contributed by atoms with Gasteiger partial charge in [0, 0.05) is 27.3 Å². The van der Waals surface area contributed by atoms with Gasteiger partial charge in [-0.1, -0.05) is 11.6 Å². The molecule has 3 nitrogen and oxygen atoms in total. The maximum atomic E-state index is 12.3. The maximum absolute atomic E-state index is 12.3. The Hall–Kier alpha value is -1.52. The quantitative estimate of drug-likeness (QED) is 0.846. The molecule has 0 radical (unpaired) electrons. The first-order chi connectivity index (χ1) is 9.63. The summed E-state index contributed by atoms with van der Waals surface area (Å²) < 4.78 is 0.765. The molecule has 0 aliphatic carbocycles. The van der Waals surface area contributed by atoms with Crippen LogP contribution >= 0.6 is 27.5 Å². The molecular formula is C15H12BrClN2O. The van der Waals surface area contributed by atoms with E-state index < -0.39 is 0 Å². The van der Waals surface area contributed by atoms with Gasteiger partial charge in [-0.15, -0.1) is 0 Å². The summed E-state index contributed by atoms with van der Waals surface area (Å²) in [6, 6.07) is 11.0. The van der Waals surface area contributed by atoms with E-state index in [9.17, 15) is 4.79 Å². The summed E-state index contributed by atoms with van der Waals surface area (Å²) in [4.78, 5) is 12.3. The van der Waals surface area contributed by atoms with Gasteiger partial charge in [-0.05, 0) is 64.3 Å². The number of anilines is 2. The third-order valence-electron chi connectivity index (χ3n) is 3.26. The fourth-order valence-corrected chi connectivity index (χ4v) is 3.01. The van der Waals surface area contributed by atoms with Crippen molar-refractivity contribution in [1.82, 2.24) is 0 Å². The van der Waals surface area contributed by atoms with E-state index in [4.69, 9.17) is 11.6 Å². The van der Waals surface area contributed by atoms with E-state index in [1.54, 1.807) is 18.2 Å². The first-order valence-corrected chi connectivity index (χ1v) is 7.44. The average Bonchev–Trinajstić information content (AvgIpc) is 2.89. The second-order valence-corrected chi connectivity index (χ2v) is 5.92. The molecule has 0 fully saturated rings. The fourth-order valence-electron chi connectivity index (χ4n) is 2.23. The van der Waals surface area contributed by atoms with E-state index in [2.05, 4.69) is 26.6 Å². The Morgan fingerprint density at radius 1 is 1.25 bits per heavy atom. The number of nitrogens with one attached hydrogen (secondary N) is 2. The minimum Gasteiger partial charge on any atom is -0.384 e. The molecule has 0 saturated heterocycles. The molecule has 2 N–H and O–H groups in total. The zero-order valence-electron chi connectivity index (χ0n) is 10.5. The van der Waals surface area contributed by atoms with Crippen molar-refractivity contribution in [3.8, 4) is 0 Å². The Balaban J connectivity index is 1.82. The van der Waals surface area contributed by atoms with Crippen molar-refractivity contribution in [2.24, 2.45) is 0 Å². The van der Waals surface area contributed by atoms with Gasteiger partial charge in [-0.3, -0.25) is 4.79 Å². The highest BCUT2D eigenvalue weighted by molar-refractivity contribution is 9.10. The van der Waals surface area contributed by atoms with Crippen molar-refractivity contribution in [3.05, 3.63) is 57.0 Å². The summed E-state index contributed by atoms with van der Waals surface area (Å²) in [5, 5.41) is 6.78. The lowest BCUT2D eigenvalue weighted by atomic mass is 10.1. The highest BCUT2D eigenvalue weighted by Crippen LogP contribution is 2.27. The Kier molecular flexibility index (Phi) is 3.68. The summed E-state index contributed by atoms with van der Waals surface area (Å²) >= 11 is 9.27. The van der Waals surface area contributed by atoms with Crippen LogP contribution in [0.1, 0.15) is 15.9 Å². The number of amides is 1. The molecule has 0 aromatic heterocycles. The molecule has 0 saturated carbocycles. The minimum atomic E-state index is -0.122. The van der Waals surface area contributed by atoms with E-state index >= 15 is 0 Å². The van der Waals surface area contributed by atoms with Crippen LogP contribution in [-0.4, -0.2) is 12.5 Å². The number of fused-ring (bicyclic) bond motifs is 1. The van der Waals surface area contributed by atoms with Crippen molar-refractivity contribution < 1.29 is 4.79 Å². The van der Waals surface area contributed by atoms with E-state index in [1.807, 2.05) is 18.2 Å². The predicted molar refractivity (Wildman–Crippen MR) is 85.7 cm³/mol. The van der Waals surface area contributed by atoms with Crippen LogP contribution in [-0.2, 0) is 6.42 Å². The third kappa shape index (κ3) is 2.67. The van der Waals surface area contributed by atoms with Crippen LogP contribution in [0.3, 0.4) is 0 Å². The second-order valence-electron chi connectivity index (χ2n) is 4.63. The van der Waals surface area contributed by atoms with Gasteiger partial charge in [0.05, 0.1) is 5.69 Å².